The first kappa shape index (κ1) is 11.5. The van der Waals surface area contributed by atoms with Crippen LogP contribution in [0.25, 0.3) is 0 Å². The van der Waals surface area contributed by atoms with Crippen molar-refractivity contribution in [1.29, 1.82) is 0 Å². The van der Waals surface area contributed by atoms with E-state index < -0.39 is 41.2 Å². The van der Waals surface area contributed by atoms with Gasteiger partial charge in [-0.3, -0.25) is 0 Å². The van der Waals surface area contributed by atoms with Crippen molar-refractivity contribution in [2.75, 3.05) is 6.61 Å². The van der Waals surface area contributed by atoms with E-state index in [4.69, 9.17) is 10.2 Å². The number of carbonyl (C=O) groups is 1. The van der Waals surface area contributed by atoms with Gasteiger partial charge in [0.1, 0.15) is 11.4 Å². The highest BCUT2D eigenvalue weighted by molar-refractivity contribution is 5.88. The molecule has 1 rings (SSSR count). The highest BCUT2D eigenvalue weighted by Gasteiger charge is 2.23. The lowest BCUT2D eigenvalue weighted by molar-refractivity contribution is 0.0685. The van der Waals surface area contributed by atoms with Crippen LogP contribution in [0.15, 0.2) is 6.07 Å². The topological polar surface area (TPSA) is 57.5 Å². The Hall–Kier alpha value is -1.56. The van der Waals surface area contributed by atoms with Crippen LogP contribution in [0.4, 0.5) is 13.2 Å². The zero-order chi connectivity index (χ0) is 11.6. The first-order chi connectivity index (χ1) is 6.99. The predicted molar refractivity (Wildman–Crippen MR) is 44.1 cm³/mol. The molecule has 0 saturated carbocycles. The molecule has 0 fully saturated rings. The van der Waals surface area contributed by atoms with Gasteiger partial charge in [-0.05, 0) is 18.1 Å². The van der Waals surface area contributed by atoms with Crippen molar-refractivity contribution >= 4 is 5.97 Å². The molecule has 0 unspecified atom stereocenters. The lowest BCUT2D eigenvalue weighted by Crippen LogP contribution is -2.10. The number of hydrogen-bond donors (Lipinski definition) is 2. The molecule has 15 heavy (non-hydrogen) atoms. The van der Waals surface area contributed by atoms with E-state index in [1.54, 1.807) is 0 Å². The number of carboxylic acids is 1. The van der Waals surface area contributed by atoms with Gasteiger partial charge in [0.25, 0.3) is 0 Å². The highest BCUT2D eigenvalue weighted by Crippen LogP contribution is 2.20. The summed E-state index contributed by atoms with van der Waals surface area (Å²) in [5.74, 6) is -6.42. The summed E-state index contributed by atoms with van der Waals surface area (Å²) in [5, 5.41) is 16.9. The van der Waals surface area contributed by atoms with Crippen molar-refractivity contribution in [3.05, 3.63) is 34.6 Å². The molecule has 1 aromatic carbocycles. The van der Waals surface area contributed by atoms with Gasteiger partial charge in [0, 0.05) is 6.61 Å². The van der Waals surface area contributed by atoms with E-state index in [1.807, 2.05) is 0 Å². The quantitative estimate of drug-likeness (QED) is 0.755. The van der Waals surface area contributed by atoms with Gasteiger partial charge < -0.3 is 10.2 Å². The molecule has 0 aliphatic rings. The van der Waals surface area contributed by atoms with E-state index in [-0.39, 0.29) is 6.42 Å². The molecule has 0 bridgehead atoms. The van der Waals surface area contributed by atoms with Crippen LogP contribution in [-0.2, 0) is 6.42 Å². The molecule has 0 aliphatic heterocycles. The standard InChI is InChI=1S/C9H7F3O3/c10-5-3-4(1-2-13)7(11)8(12)6(5)9(14)15/h3,13H,1-2H2,(H,14,15). The number of aromatic carboxylic acids is 1. The Balaban J connectivity index is 3.37. The lowest BCUT2D eigenvalue weighted by atomic mass is 10.1. The molecule has 0 spiro atoms. The fourth-order valence-electron chi connectivity index (χ4n) is 1.14. The number of rotatable bonds is 3. The maximum Gasteiger partial charge on any atom is 0.341 e. The molecule has 82 valence electrons. The normalized spacial score (nSPS) is 10.4. The van der Waals surface area contributed by atoms with Gasteiger partial charge in [-0.25, -0.2) is 18.0 Å². The van der Waals surface area contributed by atoms with Crippen molar-refractivity contribution in [2.45, 2.75) is 6.42 Å². The molecular weight excluding hydrogens is 213 g/mol. The third kappa shape index (κ3) is 2.10. The van der Waals surface area contributed by atoms with Crippen LogP contribution in [0.3, 0.4) is 0 Å². The minimum absolute atomic E-state index is 0.278. The molecule has 0 aliphatic carbocycles. The highest BCUT2D eigenvalue weighted by atomic mass is 19.2. The first-order valence-corrected chi connectivity index (χ1v) is 3.99. The SMILES string of the molecule is O=C(O)c1c(F)cc(CCO)c(F)c1F. The van der Waals surface area contributed by atoms with E-state index in [9.17, 15) is 18.0 Å². The zero-order valence-electron chi connectivity index (χ0n) is 7.43. The minimum Gasteiger partial charge on any atom is -0.477 e. The summed E-state index contributed by atoms with van der Waals surface area (Å²) in [6, 6.07) is 0.568. The number of aliphatic hydroxyl groups is 1. The smallest absolute Gasteiger partial charge is 0.341 e. The summed E-state index contributed by atoms with van der Waals surface area (Å²) in [6.45, 7) is -0.484. The van der Waals surface area contributed by atoms with E-state index in [1.165, 1.54) is 0 Å². The van der Waals surface area contributed by atoms with Crippen LogP contribution in [0.1, 0.15) is 15.9 Å². The fraction of sp³-hybridized carbons (Fsp3) is 0.222. The van der Waals surface area contributed by atoms with Crippen molar-refractivity contribution < 1.29 is 28.2 Å². The molecule has 0 aromatic heterocycles. The number of halogens is 3. The van der Waals surface area contributed by atoms with Crippen LogP contribution < -0.4 is 0 Å². The Morgan fingerprint density at radius 1 is 1.27 bits per heavy atom. The van der Waals surface area contributed by atoms with Gasteiger partial charge in [0.2, 0.25) is 0 Å². The Kier molecular flexibility index (Phi) is 3.31. The summed E-state index contributed by atoms with van der Waals surface area (Å²) in [6.07, 6.45) is -0.278. The maximum absolute atomic E-state index is 13.1. The molecule has 0 atom stereocenters. The summed E-state index contributed by atoms with van der Waals surface area (Å²) in [5.41, 5.74) is -1.72. The molecule has 3 nitrogen and oxygen atoms in total. The Labute approximate surface area is 82.8 Å². The summed E-state index contributed by atoms with van der Waals surface area (Å²) >= 11 is 0. The molecule has 0 amide bonds. The van der Waals surface area contributed by atoms with E-state index in [0.29, 0.717) is 6.07 Å². The van der Waals surface area contributed by atoms with Gasteiger partial charge in [-0.1, -0.05) is 0 Å². The van der Waals surface area contributed by atoms with E-state index in [0.717, 1.165) is 0 Å². The third-order valence-corrected chi connectivity index (χ3v) is 1.83. The second-order valence-electron chi connectivity index (χ2n) is 2.80. The number of carboxylic acid groups (broad SMARTS) is 1. The van der Waals surface area contributed by atoms with Gasteiger partial charge >= 0.3 is 5.97 Å². The van der Waals surface area contributed by atoms with Crippen LogP contribution in [-0.4, -0.2) is 22.8 Å². The van der Waals surface area contributed by atoms with Gasteiger partial charge in [-0.15, -0.1) is 0 Å². The van der Waals surface area contributed by atoms with Crippen LogP contribution >= 0.6 is 0 Å². The Bertz CT molecular complexity index is 404. The van der Waals surface area contributed by atoms with Gasteiger partial charge in [0.05, 0.1) is 0 Å². The molecule has 0 radical (unpaired) electrons. The minimum atomic E-state index is -1.88. The Morgan fingerprint density at radius 2 is 1.87 bits per heavy atom. The van der Waals surface area contributed by atoms with Gasteiger partial charge in [-0.2, -0.15) is 0 Å². The number of aliphatic hydroxyl groups excluding tert-OH is 1. The van der Waals surface area contributed by atoms with Crippen molar-refractivity contribution in [2.24, 2.45) is 0 Å². The molecule has 0 saturated heterocycles. The maximum atomic E-state index is 13.1. The number of benzene rings is 1. The van der Waals surface area contributed by atoms with Crippen molar-refractivity contribution in [3.8, 4) is 0 Å². The van der Waals surface area contributed by atoms with Crippen LogP contribution in [0.2, 0.25) is 0 Å². The molecule has 6 heteroatoms. The molecule has 1 aromatic rings. The van der Waals surface area contributed by atoms with Crippen molar-refractivity contribution in [3.63, 3.8) is 0 Å². The third-order valence-electron chi connectivity index (χ3n) is 1.83. The second-order valence-corrected chi connectivity index (χ2v) is 2.80. The first-order valence-electron chi connectivity index (χ1n) is 3.99. The number of hydrogen-bond acceptors (Lipinski definition) is 2. The van der Waals surface area contributed by atoms with Crippen molar-refractivity contribution in [1.82, 2.24) is 0 Å². The van der Waals surface area contributed by atoms with E-state index >= 15 is 0 Å². The van der Waals surface area contributed by atoms with Crippen LogP contribution in [0.5, 0.6) is 0 Å². The predicted octanol–water partition coefficient (Wildman–Crippen LogP) is 1.34. The van der Waals surface area contributed by atoms with Crippen LogP contribution in [0, 0.1) is 17.5 Å². The molecule has 2 N–H and O–H groups in total. The monoisotopic (exact) mass is 220 g/mol. The lowest BCUT2D eigenvalue weighted by Gasteiger charge is -2.05. The average molecular weight is 220 g/mol. The van der Waals surface area contributed by atoms with E-state index in [2.05, 4.69) is 0 Å². The Morgan fingerprint density at radius 3 is 2.33 bits per heavy atom. The molecular formula is C9H7F3O3. The largest absolute Gasteiger partial charge is 0.477 e. The summed E-state index contributed by atoms with van der Waals surface area (Å²) in [7, 11) is 0. The van der Waals surface area contributed by atoms with Gasteiger partial charge in [0.15, 0.2) is 11.6 Å². The summed E-state index contributed by atoms with van der Waals surface area (Å²) < 4.78 is 39.1. The molecule has 0 heterocycles. The second kappa shape index (κ2) is 4.31. The fourth-order valence-corrected chi connectivity index (χ4v) is 1.14. The average Bonchev–Trinajstić information content (AvgIpc) is 2.13. The zero-order valence-corrected chi connectivity index (χ0v) is 7.43. The summed E-state index contributed by atoms with van der Waals surface area (Å²) in [4.78, 5) is 10.4.